The molecule has 0 aliphatic carbocycles. The summed E-state index contributed by atoms with van der Waals surface area (Å²) < 4.78 is 16.2. The van der Waals surface area contributed by atoms with Crippen LogP contribution in [0, 0.1) is 13.8 Å². The van der Waals surface area contributed by atoms with E-state index in [2.05, 4.69) is 20.6 Å². The lowest BCUT2D eigenvalue weighted by Crippen LogP contribution is -2.37. The van der Waals surface area contributed by atoms with Crippen LogP contribution in [0.1, 0.15) is 29.5 Å². The molecule has 2 N–H and O–H groups in total. The number of nitrogens with zero attached hydrogens (tertiary/aromatic N) is 2. The van der Waals surface area contributed by atoms with Crippen LogP contribution in [0.5, 0.6) is 0 Å². The predicted molar refractivity (Wildman–Crippen MR) is 103 cm³/mol. The number of nitrogens with one attached hydrogen (secondary N) is 2. The van der Waals surface area contributed by atoms with E-state index < -0.39 is 0 Å². The zero-order valence-corrected chi connectivity index (χ0v) is 16.6. The smallest absolute Gasteiger partial charge is 0.214 e. The molecule has 0 radical (unpaired) electrons. The van der Waals surface area contributed by atoms with E-state index in [1.807, 2.05) is 26.0 Å². The number of furan rings is 1. The SMILES string of the molecule is CN=C(NCCCOCc1ccco1)NCc1nc(C)c(C)o1.I. The minimum Gasteiger partial charge on any atom is -0.467 e. The second-order valence-corrected chi connectivity index (χ2v) is 5.09. The highest BCUT2D eigenvalue weighted by Crippen LogP contribution is 2.07. The molecule has 2 aromatic heterocycles. The van der Waals surface area contributed by atoms with Gasteiger partial charge in [-0.25, -0.2) is 4.98 Å². The highest BCUT2D eigenvalue weighted by molar-refractivity contribution is 14.0. The van der Waals surface area contributed by atoms with E-state index >= 15 is 0 Å². The molecule has 0 fully saturated rings. The Morgan fingerprint density at radius 2 is 2.17 bits per heavy atom. The predicted octanol–water partition coefficient (Wildman–Crippen LogP) is 2.77. The van der Waals surface area contributed by atoms with Crippen molar-refractivity contribution in [1.29, 1.82) is 0 Å². The Bertz CT molecular complexity index is 591. The number of guanidine groups is 1. The van der Waals surface area contributed by atoms with Crippen LogP contribution < -0.4 is 10.6 Å². The van der Waals surface area contributed by atoms with Crippen molar-refractivity contribution in [3.8, 4) is 0 Å². The molecule has 8 heteroatoms. The number of aromatic nitrogens is 1. The van der Waals surface area contributed by atoms with Crippen molar-refractivity contribution in [1.82, 2.24) is 15.6 Å². The van der Waals surface area contributed by atoms with Crippen LogP contribution in [0.2, 0.25) is 0 Å². The molecule has 2 heterocycles. The molecule has 0 unspecified atom stereocenters. The summed E-state index contributed by atoms with van der Waals surface area (Å²) in [6, 6.07) is 3.75. The highest BCUT2D eigenvalue weighted by atomic mass is 127. The summed E-state index contributed by atoms with van der Waals surface area (Å²) >= 11 is 0. The molecule has 0 aromatic carbocycles. The average Bonchev–Trinajstić information content (AvgIpc) is 3.16. The molecular weight excluding hydrogens is 423 g/mol. The number of oxazole rings is 1. The second kappa shape index (κ2) is 11.1. The van der Waals surface area contributed by atoms with Crippen molar-refractivity contribution in [2.24, 2.45) is 4.99 Å². The Kier molecular flexibility index (Phi) is 9.46. The van der Waals surface area contributed by atoms with Crippen LogP contribution in [-0.4, -0.2) is 31.1 Å². The summed E-state index contributed by atoms with van der Waals surface area (Å²) in [4.78, 5) is 8.48. The van der Waals surface area contributed by atoms with Crippen molar-refractivity contribution < 1.29 is 13.6 Å². The van der Waals surface area contributed by atoms with Gasteiger partial charge in [-0.1, -0.05) is 0 Å². The van der Waals surface area contributed by atoms with Gasteiger partial charge in [-0.2, -0.15) is 0 Å². The van der Waals surface area contributed by atoms with Gasteiger partial charge in [-0.3, -0.25) is 4.99 Å². The molecule has 0 bridgehead atoms. The maximum Gasteiger partial charge on any atom is 0.214 e. The zero-order chi connectivity index (χ0) is 16.5. The summed E-state index contributed by atoms with van der Waals surface area (Å²) in [5.41, 5.74) is 0.915. The first-order chi connectivity index (χ1) is 11.2. The minimum atomic E-state index is 0. The molecule has 0 aliphatic heterocycles. The van der Waals surface area contributed by atoms with E-state index in [0.29, 0.717) is 31.6 Å². The van der Waals surface area contributed by atoms with Gasteiger partial charge in [0.05, 0.1) is 18.5 Å². The van der Waals surface area contributed by atoms with Gasteiger partial charge in [0.1, 0.15) is 18.1 Å². The maximum atomic E-state index is 5.52. The van der Waals surface area contributed by atoms with Crippen LogP contribution >= 0.6 is 24.0 Å². The molecule has 7 nitrogen and oxygen atoms in total. The maximum absolute atomic E-state index is 5.52. The van der Waals surface area contributed by atoms with Crippen molar-refractivity contribution in [3.05, 3.63) is 41.5 Å². The quantitative estimate of drug-likeness (QED) is 0.280. The van der Waals surface area contributed by atoms with E-state index in [4.69, 9.17) is 13.6 Å². The molecule has 0 saturated carbocycles. The topological polar surface area (TPSA) is 84.8 Å². The Morgan fingerprint density at radius 1 is 1.33 bits per heavy atom. The first-order valence-corrected chi connectivity index (χ1v) is 7.66. The number of ether oxygens (including phenoxy) is 1. The minimum absolute atomic E-state index is 0. The Morgan fingerprint density at radius 3 is 2.79 bits per heavy atom. The van der Waals surface area contributed by atoms with Gasteiger partial charge in [0.2, 0.25) is 5.89 Å². The number of hydrogen-bond acceptors (Lipinski definition) is 5. The van der Waals surface area contributed by atoms with Gasteiger partial charge in [-0.15, -0.1) is 24.0 Å². The Balaban J connectivity index is 0.00000288. The number of aliphatic imine (C=N–C) groups is 1. The van der Waals surface area contributed by atoms with Crippen molar-refractivity contribution >= 4 is 29.9 Å². The van der Waals surface area contributed by atoms with Gasteiger partial charge >= 0.3 is 0 Å². The van der Waals surface area contributed by atoms with Gasteiger partial charge in [0.25, 0.3) is 0 Å². The van der Waals surface area contributed by atoms with E-state index in [0.717, 1.165) is 30.2 Å². The first-order valence-electron chi connectivity index (χ1n) is 7.66. The fourth-order valence-corrected chi connectivity index (χ4v) is 1.94. The zero-order valence-electron chi connectivity index (χ0n) is 14.3. The molecule has 2 rings (SSSR count). The third kappa shape index (κ3) is 6.91. The van der Waals surface area contributed by atoms with Crippen LogP contribution in [0.25, 0.3) is 0 Å². The van der Waals surface area contributed by atoms with Crippen LogP contribution in [0.15, 0.2) is 32.2 Å². The van der Waals surface area contributed by atoms with Crippen molar-refractivity contribution in [2.75, 3.05) is 20.2 Å². The fourth-order valence-electron chi connectivity index (χ4n) is 1.94. The second-order valence-electron chi connectivity index (χ2n) is 5.09. The van der Waals surface area contributed by atoms with E-state index in [-0.39, 0.29) is 24.0 Å². The number of rotatable bonds is 8. The average molecular weight is 448 g/mol. The van der Waals surface area contributed by atoms with E-state index in [1.165, 1.54) is 0 Å². The standard InChI is InChI=1S/C16H24N4O3.HI/c1-12-13(2)23-15(20-12)10-19-16(17-3)18-7-5-8-21-11-14-6-4-9-22-14;/h4,6,9H,5,7-8,10-11H2,1-3H3,(H2,17,18,19);1H. The van der Waals surface area contributed by atoms with Gasteiger partial charge in [0.15, 0.2) is 5.96 Å². The van der Waals surface area contributed by atoms with Crippen molar-refractivity contribution in [3.63, 3.8) is 0 Å². The molecule has 0 atom stereocenters. The third-order valence-corrected chi connectivity index (χ3v) is 3.29. The molecule has 0 spiro atoms. The van der Waals surface area contributed by atoms with Gasteiger partial charge in [-0.05, 0) is 32.4 Å². The van der Waals surface area contributed by atoms with E-state index in [1.54, 1.807) is 13.3 Å². The van der Waals surface area contributed by atoms with Gasteiger partial charge in [0, 0.05) is 20.2 Å². The Labute approximate surface area is 159 Å². The van der Waals surface area contributed by atoms with Gasteiger partial charge < -0.3 is 24.2 Å². The molecule has 2 aromatic rings. The van der Waals surface area contributed by atoms with Crippen LogP contribution in [0.3, 0.4) is 0 Å². The van der Waals surface area contributed by atoms with Crippen LogP contribution in [-0.2, 0) is 17.9 Å². The molecule has 0 saturated heterocycles. The summed E-state index contributed by atoms with van der Waals surface area (Å²) in [5, 5.41) is 6.39. The lowest BCUT2D eigenvalue weighted by atomic mass is 10.4. The molecule has 0 amide bonds. The van der Waals surface area contributed by atoms with Crippen molar-refractivity contribution in [2.45, 2.75) is 33.4 Å². The lowest BCUT2D eigenvalue weighted by Gasteiger charge is -2.10. The normalized spacial score (nSPS) is 11.2. The van der Waals surface area contributed by atoms with E-state index in [9.17, 15) is 0 Å². The molecular formula is C16H25IN4O3. The summed E-state index contributed by atoms with van der Waals surface area (Å²) in [5.74, 6) is 3.06. The number of aryl methyl sites for hydroxylation is 2. The first kappa shape index (κ1) is 20.5. The fraction of sp³-hybridized carbons (Fsp3) is 0.500. The molecule has 0 aliphatic rings. The molecule has 24 heavy (non-hydrogen) atoms. The summed E-state index contributed by atoms with van der Waals surface area (Å²) in [6.45, 7) is 6.26. The summed E-state index contributed by atoms with van der Waals surface area (Å²) in [6.07, 6.45) is 2.52. The Hall–Kier alpha value is -1.55. The highest BCUT2D eigenvalue weighted by Gasteiger charge is 2.06. The monoisotopic (exact) mass is 448 g/mol. The number of halogens is 1. The largest absolute Gasteiger partial charge is 0.467 e. The third-order valence-electron chi connectivity index (χ3n) is 3.29. The summed E-state index contributed by atoms with van der Waals surface area (Å²) in [7, 11) is 1.73. The lowest BCUT2D eigenvalue weighted by molar-refractivity contribution is 0.105. The number of hydrogen-bond donors (Lipinski definition) is 2. The molecule has 134 valence electrons. The van der Waals surface area contributed by atoms with Crippen LogP contribution in [0.4, 0.5) is 0 Å².